The zero-order valence-corrected chi connectivity index (χ0v) is 11.8. The first-order valence-electron chi connectivity index (χ1n) is 5.37. The van der Waals surface area contributed by atoms with Crippen LogP contribution in [0.4, 0.5) is 0 Å². The minimum absolute atomic E-state index is 0. The molecule has 4 nitrogen and oxygen atoms in total. The van der Waals surface area contributed by atoms with E-state index in [1.165, 1.54) is 0 Å². The Morgan fingerprint density at radius 3 is 2.11 bits per heavy atom. The molecule has 1 aromatic carbocycles. The van der Waals surface area contributed by atoms with Crippen molar-refractivity contribution >= 4 is 12.4 Å². The van der Waals surface area contributed by atoms with Gasteiger partial charge in [-0.2, -0.15) is 0 Å². The van der Waals surface area contributed by atoms with Gasteiger partial charge in [0.25, 0.3) is 0 Å². The second kappa shape index (κ2) is 8.66. The molecule has 0 aliphatic rings. The molecule has 5 heteroatoms. The lowest BCUT2D eigenvalue weighted by molar-refractivity contribution is 0.347. The minimum Gasteiger partial charge on any atom is -0.496 e. The van der Waals surface area contributed by atoms with E-state index in [0.29, 0.717) is 18.0 Å². The number of halogens is 1. The highest BCUT2D eigenvalue weighted by molar-refractivity contribution is 5.85. The highest BCUT2D eigenvalue weighted by atomic mass is 35.5. The monoisotopic (exact) mass is 273 g/mol. The number of rotatable bonds is 7. The number of hydrogen-bond acceptors (Lipinski definition) is 4. The summed E-state index contributed by atoms with van der Waals surface area (Å²) in [4.78, 5) is 0. The van der Waals surface area contributed by atoms with Crippen LogP contribution in [0.15, 0.2) is 24.8 Å². The van der Waals surface area contributed by atoms with Crippen LogP contribution in [0.2, 0.25) is 0 Å². The quantitative estimate of drug-likeness (QED) is 0.612. The predicted octanol–water partition coefficient (Wildman–Crippen LogP) is 2.41. The van der Waals surface area contributed by atoms with Gasteiger partial charge in [0.2, 0.25) is 0 Å². The summed E-state index contributed by atoms with van der Waals surface area (Å²) >= 11 is 0. The summed E-state index contributed by atoms with van der Waals surface area (Å²) in [6, 6.07) is 3.73. The van der Waals surface area contributed by atoms with Crippen molar-refractivity contribution in [1.82, 2.24) is 5.32 Å². The third-order valence-electron chi connectivity index (χ3n) is 2.39. The standard InChI is InChI=1S/C13H19NO3.ClH/c1-5-6-14-9-10-7-12(16-3)13(17-4)8-11(10)15-2;/h5,7-8,14H,1,6,9H2,2-4H3;1H. The summed E-state index contributed by atoms with van der Waals surface area (Å²) in [5.74, 6) is 2.14. The Kier molecular flexibility index (Phi) is 8.00. The fraction of sp³-hybridized carbons (Fsp3) is 0.385. The van der Waals surface area contributed by atoms with Gasteiger partial charge in [-0.05, 0) is 6.07 Å². The molecular weight excluding hydrogens is 254 g/mol. The van der Waals surface area contributed by atoms with Crippen LogP contribution < -0.4 is 19.5 Å². The van der Waals surface area contributed by atoms with E-state index >= 15 is 0 Å². The molecular formula is C13H20ClNO3. The largest absolute Gasteiger partial charge is 0.496 e. The zero-order valence-electron chi connectivity index (χ0n) is 11.0. The van der Waals surface area contributed by atoms with E-state index < -0.39 is 0 Å². The molecule has 1 aromatic rings. The second-order valence-corrected chi connectivity index (χ2v) is 3.44. The molecule has 0 saturated heterocycles. The van der Waals surface area contributed by atoms with E-state index in [2.05, 4.69) is 11.9 Å². The molecule has 1 rings (SSSR count). The van der Waals surface area contributed by atoms with E-state index in [4.69, 9.17) is 14.2 Å². The number of ether oxygens (including phenoxy) is 3. The van der Waals surface area contributed by atoms with E-state index in [9.17, 15) is 0 Å². The summed E-state index contributed by atoms with van der Waals surface area (Å²) in [5, 5.41) is 3.22. The van der Waals surface area contributed by atoms with Crippen LogP contribution in [-0.4, -0.2) is 27.9 Å². The average Bonchev–Trinajstić information content (AvgIpc) is 2.38. The number of methoxy groups -OCH3 is 3. The molecule has 0 spiro atoms. The maximum absolute atomic E-state index is 5.32. The van der Waals surface area contributed by atoms with E-state index in [1.54, 1.807) is 21.3 Å². The first kappa shape index (κ1) is 16.6. The van der Waals surface area contributed by atoms with Gasteiger partial charge in [0.1, 0.15) is 5.75 Å². The third kappa shape index (κ3) is 4.13. The Morgan fingerprint density at radius 1 is 1.06 bits per heavy atom. The van der Waals surface area contributed by atoms with Gasteiger partial charge in [-0.25, -0.2) is 0 Å². The van der Waals surface area contributed by atoms with Crippen molar-refractivity contribution in [1.29, 1.82) is 0 Å². The maximum atomic E-state index is 5.32. The molecule has 0 aliphatic heterocycles. The van der Waals surface area contributed by atoms with Crippen molar-refractivity contribution in [2.75, 3.05) is 27.9 Å². The SMILES string of the molecule is C=CCNCc1cc(OC)c(OC)cc1OC.Cl. The van der Waals surface area contributed by atoms with Crippen LogP contribution in [-0.2, 0) is 6.54 Å². The summed E-state index contributed by atoms with van der Waals surface area (Å²) < 4.78 is 15.8. The summed E-state index contributed by atoms with van der Waals surface area (Å²) in [5.41, 5.74) is 1.02. The molecule has 0 radical (unpaired) electrons. The van der Waals surface area contributed by atoms with Crippen LogP contribution in [0.3, 0.4) is 0 Å². The second-order valence-electron chi connectivity index (χ2n) is 3.44. The van der Waals surface area contributed by atoms with Gasteiger partial charge in [-0.15, -0.1) is 19.0 Å². The molecule has 0 heterocycles. The number of hydrogen-bond donors (Lipinski definition) is 1. The van der Waals surface area contributed by atoms with Crippen molar-refractivity contribution in [3.8, 4) is 17.2 Å². The fourth-order valence-corrected chi connectivity index (χ4v) is 1.54. The number of nitrogens with one attached hydrogen (secondary N) is 1. The topological polar surface area (TPSA) is 39.7 Å². The number of benzene rings is 1. The van der Waals surface area contributed by atoms with Crippen LogP contribution in [0, 0.1) is 0 Å². The highest BCUT2D eigenvalue weighted by Gasteiger charge is 2.10. The van der Waals surface area contributed by atoms with Crippen molar-refractivity contribution in [3.63, 3.8) is 0 Å². The van der Waals surface area contributed by atoms with E-state index in [-0.39, 0.29) is 12.4 Å². The summed E-state index contributed by atoms with van der Waals surface area (Å²) in [7, 11) is 4.86. The van der Waals surface area contributed by atoms with Gasteiger partial charge >= 0.3 is 0 Å². The van der Waals surface area contributed by atoms with Crippen molar-refractivity contribution in [2.45, 2.75) is 6.54 Å². The Morgan fingerprint density at radius 2 is 1.61 bits per heavy atom. The average molecular weight is 274 g/mol. The lowest BCUT2D eigenvalue weighted by Gasteiger charge is -2.14. The fourth-order valence-electron chi connectivity index (χ4n) is 1.54. The molecule has 0 aliphatic carbocycles. The van der Waals surface area contributed by atoms with Gasteiger partial charge in [0.05, 0.1) is 21.3 Å². The van der Waals surface area contributed by atoms with Crippen LogP contribution >= 0.6 is 12.4 Å². The molecule has 0 amide bonds. The molecule has 0 atom stereocenters. The summed E-state index contributed by atoms with van der Waals surface area (Å²) in [6.07, 6.45) is 1.81. The first-order valence-corrected chi connectivity index (χ1v) is 5.37. The van der Waals surface area contributed by atoms with Crippen LogP contribution in [0.25, 0.3) is 0 Å². The molecule has 0 fully saturated rings. The van der Waals surface area contributed by atoms with Crippen molar-refractivity contribution in [3.05, 3.63) is 30.4 Å². The van der Waals surface area contributed by atoms with Gasteiger partial charge in [0.15, 0.2) is 11.5 Å². The van der Waals surface area contributed by atoms with E-state index in [1.807, 2.05) is 18.2 Å². The molecule has 0 saturated carbocycles. The third-order valence-corrected chi connectivity index (χ3v) is 2.39. The minimum atomic E-state index is 0. The zero-order chi connectivity index (χ0) is 12.7. The van der Waals surface area contributed by atoms with Gasteiger partial charge in [0, 0.05) is 24.7 Å². The Bertz CT molecular complexity index is 383. The Hall–Kier alpha value is -1.39. The molecule has 0 bridgehead atoms. The van der Waals surface area contributed by atoms with Gasteiger partial charge in [-0.3, -0.25) is 0 Å². The molecule has 1 N–H and O–H groups in total. The van der Waals surface area contributed by atoms with Crippen LogP contribution in [0.1, 0.15) is 5.56 Å². The lowest BCUT2D eigenvalue weighted by Crippen LogP contribution is -2.13. The summed E-state index contributed by atoms with van der Waals surface area (Å²) in [6.45, 7) is 5.09. The van der Waals surface area contributed by atoms with Crippen molar-refractivity contribution in [2.24, 2.45) is 0 Å². The molecule has 0 aromatic heterocycles. The van der Waals surface area contributed by atoms with Crippen LogP contribution in [0.5, 0.6) is 17.2 Å². The van der Waals surface area contributed by atoms with Crippen molar-refractivity contribution < 1.29 is 14.2 Å². The molecule has 102 valence electrons. The van der Waals surface area contributed by atoms with Gasteiger partial charge in [-0.1, -0.05) is 6.08 Å². The normalized spacial score (nSPS) is 9.28. The molecule has 18 heavy (non-hydrogen) atoms. The van der Waals surface area contributed by atoms with Gasteiger partial charge < -0.3 is 19.5 Å². The first-order chi connectivity index (χ1) is 8.26. The lowest BCUT2D eigenvalue weighted by atomic mass is 10.1. The highest BCUT2D eigenvalue weighted by Crippen LogP contribution is 2.34. The smallest absolute Gasteiger partial charge is 0.164 e. The maximum Gasteiger partial charge on any atom is 0.164 e. The van der Waals surface area contributed by atoms with E-state index in [0.717, 1.165) is 17.9 Å². The Labute approximate surface area is 114 Å². The molecule has 0 unspecified atom stereocenters. The predicted molar refractivity (Wildman–Crippen MR) is 75.2 cm³/mol. The Balaban J connectivity index is 0.00000289.